The van der Waals surface area contributed by atoms with Crippen LogP contribution in [0.2, 0.25) is 5.02 Å². The summed E-state index contributed by atoms with van der Waals surface area (Å²) in [6.07, 6.45) is 1.56. The van der Waals surface area contributed by atoms with E-state index in [-0.39, 0.29) is 11.7 Å². The van der Waals surface area contributed by atoms with Gasteiger partial charge in [0.25, 0.3) is 5.91 Å². The first-order valence-corrected chi connectivity index (χ1v) is 12.9. The van der Waals surface area contributed by atoms with Crippen LogP contribution in [0.15, 0.2) is 87.6 Å². The van der Waals surface area contributed by atoms with E-state index in [2.05, 4.69) is 15.5 Å². The van der Waals surface area contributed by atoms with Crippen LogP contribution in [0.25, 0.3) is 11.3 Å². The van der Waals surface area contributed by atoms with Gasteiger partial charge in [-0.25, -0.2) is 10.4 Å². The second-order valence-electron chi connectivity index (χ2n) is 7.28. The van der Waals surface area contributed by atoms with Gasteiger partial charge in [0.15, 0.2) is 15.8 Å². The molecule has 0 bridgehead atoms. The Bertz CT molecular complexity index is 1310. The molecule has 35 heavy (non-hydrogen) atoms. The van der Waals surface area contributed by atoms with Gasteiger partial charge in [-0.2, -0.15) is 5.10 Å². The van der Waals surface area contributed by atoms with Crippen molar-refractivity contribution in [1.82, 2.24) is 10.4 Å². The van der Waals surface area contributed by atoms with Crippen LogP contribution in [0, 0.1) is 0 Å². The van der Waals surface area contributed by atoms with Crippen molar-refractivity contribution in [1.29, 1.82) is 0 Å². The molecule has 0 spiro atoms. The van der Waals surface area contributed by atoms with Crippen LogP contribution in [0.1, 0.15) is 11.1 Å². The molecule has 4 aromatic rings. The first kappa shape index (κ1) is 24.8. The highest BCUT2D eigenvalue weighted by molar-refractivity contribution is 8.01. The van der Waals surface area contributed by atoms with E-state index in [9.17, 15) is 4.79 Å². The van der Waals surface area contributed by atoms with Crippen molar-refractivity contribution in [3.8, 4) is 22.8 Å². The van der Waals surface area contributed by atoms with Gasteiger partial charge in [-0.1, -0.05) is 65.8 Å². The largest absolute Gasteiger partial charge is 0.493 e. The number of hydrogen-bond donors (Lipinski definition) is 1. The van der Waals surface area contributed by atoms with Crippen LogP contribution < -0.4 is 14.9 Å². The Morgan fingerprint density at radius 1 is 1.11 bits per heavy atom. The zero-order valence-corrected chi connectivity index (χ0v) is 21.2. The molecule has 0 saturated heterocycles. The lowest BCUT2D eigenvalue weighted by molar-refractivity contribution is -0.118. The standard InChI is InChI=1S/C26H22ClN3O3S2/c1-32-24-13-18(10-11-23(24)33-15-19-6-5-9-21(27)12-19)14-28-30-25(31)17-35-26-29-22(16-34-26)20-7-3-2-4-8-20/h2-14,16H,15,17H2,1H3,(H,30,31)/b28-14+. The molecular formula is C26H22ClN3O3S2. The summed E-state index contributed by atoms with van der Waals surface area (Å²) in [5, 5.41) is 6.70. The second kappa shape index (κ2) is 12.4. The molecule has 9 heteroatoms. The summed E-state index contributed by atoms with van der Waals surface area (Å²) >= 11 is 8.92. The number of benzene rings is 3. The average Bonchev–Trinajstić information content (AvgIpc) is 3.36. The summed E-state index contributed by atoms with van der Waals surface area (Å²) in [4.78, 5) is 16.8. The number of nitrogens with one attached hydrogen (secondary N) is 1. The molecule has 3 aromatic carbocycles. The van der Waals surface area contributed by atoms with Gasteiger partial charge in [-0.3, -0.25) is 4.79 Å². The number of hydrogen-bond acceptors (Lipinski definition) is 7. The number of methoxy groups -OCH3 is 1. The quantitative estimate of drug-likeness (QED) is 0.150. The van der Waals surface area contributed by atoms with Crippen LogP contribution in [-0.2, 0) is 11.4 Å². The minimum atomic E-state index is -0.212. The molecule has 4 rings (SSSR count). The van der Waals surface area contributed by atoms with Crippen molar-refractivity contribution in [2.75, 3.05) is 12.9 Å². The number of ether oxygens (including phenoxy) is 2. The zero-order chi connectivity index (χ0) is 24.5. The number of halogens is 1. The van der Waals surface area contributed by atoms with E-state index in [0.29, 0.717) is 23.1 Å². The monoisotopic (exact) mass is 523 g/mol. The fourth-order valence-electron chi connectivity index (χ4n) is 3.07. The number of nitrogens with zero attached hydrogens (tertiary/aromatic N) is 2. The molecule has 0 fully saturated rings. The van der Waals surface area contributed by atoms with Crippen molar-refractivity contribution in [2.45, 2.75) is 10.9 Å². The van der Waals surface area contributed by atoms with E-state index in [4.69, 9.17) is 21.1 Å². The summed E-state index contributed by atoms with van der Waals surface area (Å²) < 4.78 is 12.1. The maximum absolute atomic E-state index is 12.2. The summed E-state index contributed by atoms with van der Waals surface area (Å²) in [7, 11) is 1.57. The molecular weight excluding hydrogens is 502 g/mol. The Kier molecular flexibility index (Phi) is 8.78. The van der Waals surface area contributed by atoms with Gasteiger partial charge in [0.1, 0.15) is 6.61 Å². The Morgan fingerprint density at radius 3 is 2.77 bits per heavy atom. The smallest absolute Gasteiger partial charge is 0.250 e. The van der Waals surface area contributed by atoms with Crippen LogP contribution in [-0.4, -0.2) is 30.0 Å². The molecule has 0 radical (unpaired) electrons. The van der Waals surface area contributed by atoms with Crippen LogP contribution in [0.4, 0.5) is 0 Å². The zero-order valence-electron chi connectivity index (χ0n) is 18.8. The number of carbonyl (C=O) groups is 1. The van der Waals surface area contributed by atoms with E-state index in [1.165, 1.54) is 23.1 Å². The molecule has 6 nitrogen and oxygen atoms in total. The van der Waals surface area contributed by atoms with E-state index in [1.807, 2.05) is 66.0 Å². The number of thiazole rings is 1. The van der Waals surface area contributed by atoms with Gasteiger partial charge in [-0.05, 0) is 41.5 Å². The molecule has 0 aliphatic heterocycles. The SMILES string of the molecule is COc1cc(/C=N/NC(=O)CSc2nc(-c3ccccc3)cs2)ccc1OCc1cccc(Cl)c1. The van der Waals surface area contributed by atoms with Crippen molar-refractivity contribution in [3.05, 3.63) is 94.3 Å². The number of aromatic nitrogens is 1. The molecule has 0 saturated carbocycles. The lowest BCUT2D eigenvalue weighted by Crippen LogP contribution is -2.19. The van der Waals surface area contributed by atoms with Crippen molar-refractivity contribution < 1.29 is 14.3 Å². The Morgan fingerprint density at radius 2 is 1.97 bits per heavy atom. The van der Waals surface area contributed by atoms with Gasteiger partial charge >= 0.3 is 0 Å². The highest BCUT2D eigenvalue weighted by Crippen LogP contribution is 2.29. The first-order chi connectivity index (χ1) is 17.1. The van der Waals surface area contributed by atoms with Crippen LogP contribution >= 0.6 is 34.7 Å². The molecule has 1 heterocycles. The fraction of sp³-hybridized carbons (Fsp3) is 0.115. The lowest BCUT2D eigenvalue weighted by Gasteiger charge is -2.11. The van der Waals surface area contributed by atoms with Crippen LogP contribution in [0.5, 0.6) is 11.5 Å². The lowest BCUT2D eigenvalue weighted by atomic mass is 10.2. The predicted octanol–water partition coefficient (Wildman–Crippen LogP) is 6.29. The number of hydrazone groups is 1. The van der Waals surface area contributed by atoms with Gasteiger partial charge in [0, 0.05) is 16.0 Å². The van der Waals surface area contributed by atoms with Crippen molar-refractivity contribution in [3.63, 3.8) is 0 Å². The molecule has 1 aromatic heterocycles. The Balaban J connectivity index is 1.27. The molecule has 0 aliphatic rings. The third-order valence-electron chi connectivity index (χ3n) is 4.75. The predicted molar refractivity (Wildman–Crippen MR) is 143 cm³/mol. The highest BCUT2D eigenvalue weighted by atomic mass is 35.5. The van der Waals surface area contributed by atoms with Gasteiger partial charge in [0.2, 0.25) is 0 Å². The minimum absolute atomic E-state index is 0.212. The third-order valence-corrected chi connectivity index (χ3v) is 7.01. The van der Waals surface area contributed by atoms with Gasteiger partial charge in [-0.15, -0.1) is 11.3 Å². The fourth-order valence-corrected chi connectivity index (χ4v) is 4.92. The Labute approximate surface area is 217 Å². The first-order valence-electron chi connectivity index (χ1n) is 10.6. The molecule has 0 unspecified atom stereocenters. The minimum Gasteiger partial charge on any atom is -0.493 e. The Hall–Kier alpha value is -3.33. The molecule has 178 valence electrons. The number of amides is 1. The maximum Gasteiger partial charge on any atom is 0.250 e. The summed E-state index contributed by atoms with van der Waals surface area (Å²) in [5.41, 5.74) is 6.23. The summed E-state index contributed by atoms with van der Waals surface area (Å²) in [6.45, 7) is 0.365. The highest BCUT2D eigenvalue weighted by Gasteiger charge is 2.08. The molecule has 0 atom stereocenters. The van der Waals surface area contributed by atoms with E-state index >= 15 is 0 Å². The average molecular weight is 524 g/mol. The normalized spacial score (nSPS) is 10.9. The number of rotatable bonds is 10. The second-order valence-corrected chi connectivity index (χ2v) is 9.79. The van der Waals surface area contributed by atoms with E-state index in [0.717, 1.165) is 26.7 Å². The van der Waals surface area contributed by atoms with Crippen LogP contribution in [0.3, 0.4) is 0 Å². The number of carbonyl (C=O) groups excluding carboxylic acids is 1. The third kappa shape index (κ3) is 7.32. The van der Waals surface area contributed by atoms with Gasteiger partial charge < -0.3 is 9.47 Å². The van der Waals surface area contributed by atoms with Crippen molar-refractivity contribution in [2.24, 2.45) is 5.10 Å². The summed E-state index contributed by atoms with van der Waals surface area (Å²) in [5.74, 6) is 1.17. The van der Waals surface area contributed by atoms with E-state index in [1.54, 1.807) is 25.5 Å². The summed E-state index contributed by atoms with van der Waals surface area (Å²) in [6, 6.07) is 22.9. The van der Waals surface area contributed by atoms with Crippen molar-refractivity contribution >= 4 is 46.8 Å². The molecule has 1 N–H and O–H groups in total. The molecule has 0 aliphatic carbocycles. The van der Waals surface area contributed by atoms with Gasteiger partial charge in [0.05, 0.1) is 24.8 Å². The maximum atomic E-state index is 12.2. The topological polar surface area (TPSA) is 72.8 Å². The number of thioether (sulfide) groups is 1. The van der Waals surface area contributed by atoms with E-state index < -0.39 is 0 Å². The molecule has 1 amide bonds.